The monoisotopic (exact) mass is 260 g/mol. The Bertz CT molecular complexity index is 517. The molecule has 2 aromatic heterocycles. The lowest BCUT2D eigenvalue weighted by atomic mass is 10.0. The number of imidazole rings is 2. The molecule has 0 aliphatic rings. The van der Waals surface area contributed by atoms with Crippen molar-refractivity contribution in [1.82, 2.24) is 19.1 Å². The molecule has 0 aliphatic heterocycles. The largest absolute Gasteiger partial charge is 0.432 e. The second kappa shape index (κ2) is 3.84. The summed E-state index contributed by atoms with van der Waals surface area (Å²) >= 11 is 0. The van der Waals surface area contributed by atoms with Crippen LogP contribution in [-0.4, -0.2) is 30.4 Å². The predicted molar refractivity (Wildman–Crippen MR) is 55.5 cm³/mol. The average molecular weight is 260 g/mol. The highest BCUT2D eigenvalue weighted by Crippen LogP contribution is 2.42. The van der Waals surface area contributed by atoms with Crippen LogP contribution in [0.4, 0.5) is 13.2 Å². The van der Waals surface area contributed by atoms with E-state index < -0.39 is 23.4 Å². The van der Waals surface area contributed by atoms with E-state index in [-0.39, 0.29) is 0 Å². The van der Waals surface area contributed by atoms with E-state index >= 15 is 0 Å². The van der Waals surface area contributed by atoms with E-state index in [4.69, 9.17) is 0 Å². The zero-order valence-corrected chi connectivity index (χ0v) is 9.68. The molecular weight excluding hydrogens is 249 g/mol. The molecule has 8 heteroatoms. The topological polar surface area (TPSA) is 55.9 Å². The van der Waals surface area contributed by atoms with Crippen LogP contribution >= 0.6 is 0 Å². The lowest BCUT2D eigenvalue weighted by Crippen LogP contribution is -2.47. The highest BCUT2D eigenvalue weighted by atomic mass is 19.4. The van der Waals surface area contributed by atoms with E-state index in [0.29, 0.717) is 0 Å². The molecule has 0 atom stereocenters. The van der Waals surface area contributed by atoms with Gasteiger partial charge in [0.05, 0.1) is 0 Å². The van der Waals surface area contributed by atoms with Crippen molar-refractivity contribution >= 4 is 0 Å². The number of nitrogens with zero attached hydrogens (tertiary/aromatic N) is 4. The van der Waals surface area contributed by atoms with Gasteiger partial charge >= 0.3 is 6.18 Å². The Hall–Kier alpha value is -1.83. The third kappa shape index (κ3) is 1.60. The van der Waals surface area contributed by atoms with Crippen LogP contribution in [-0.2, 0) is 19.7 Å². The van der Waals surface area contributed by atoms with Gasteiger partial charge in [-0.25, -0.2) is 9.97 Å². The van der Waals surface area contributed by atoms with Gasteiger partial charge in [0, 0.05) is 38.9 Å². The van der Waals surface area contributed by atoms with Crippen molar-refractivity contribution in [3.63, 3.8) is 0 Å². The molecule has 18 heavy (non-hydrogen) atoms. The standard InChI is InChI=1S/C10H11F3N4O/c1-16-5-3-14-7(16)9(18,10(11,12)13)8-15-4-6-17(8)2/h3-6,18H,1-2H3. The van der Waals surface area contributed by atoms with Gasteiger partial charge in [-0.3, -0.25) is 0 Å². The fraction of sp³-hybridized carbons (Fsp3) is 0.400. The van der Waals surface area contributed by atoms with E-state index in [9.17, 15) is 18.3 Å². The van der Waals surface area contributed by atoms with Gasteiger partial charge in [0.2, 0.25) is 0 Å². The van der Waals surface area contributed by atoms with E-state index in [0.717, 1.165) is 9.13 Å². The lowest BCUT2D eigenvalue weighted by molar-refractivity contribution is -0.255. The molecule has 0 aliphatic carbocycles. The minimum Gasteiger partial charge on any atom is -0.368 e. The van der Waals surface area contributed by atoms with Gasteiger partial charge in [-0.15, -0.1) is 0 Å². The molecule has 2 rings (SSSR count). The number of hydrogen-bond acceptors (Lipinski definition) is 3. The van der Waals surface area contributed by atoms with Gasteiger partial charge in [-0.2, -0.15) is 13.2 Å². The van der Waals surface area contributed by atoms with Crippen molar-refractivity contribution in [1.29, 1.82) is 0 Å². The molecule has 98 valence electrons. The Morgan fingerprint density at radius 1 is 1.00 bits per heavy atom. The summed E-state index contributed by atoms with van der Waals surface area (Å²) in [6, 6.07) is 0. The Kier molecular flexibility index (Phi) is 2.69. The Morgan fingerprint density at radius 3 is 1.61 bits per heavy atom. The first-order valence-corrected chi connectivity index (χ1v) is 5.03. The van der Waals surface area contributed by atoms with Crippen LogP contribution in [0.15, 0.2) is 24.8 Å². The summed E-state index contributed by atoms with van der Waals surface area (Å²) in [5, 5.41) is 10.1. The Morgan fingerprint density at radius 2 is 1.39 bits per heavy atom. The fourth-order valence-electron chi connectivity index (χ4n) is 1.78. The SMILES string of the molecule is Cn1ccnc1C(O)(c1nccn1C)C(F)(F)F. The second-order valence-electron chi connectivity index (χ2n) is 3.93. The maximum atomic E-state index is 13.2. The van der Waals surface area contributed by atoms with Gasteiger partial charge in [0.15, 0.2) is 11.6 Å². The number of alkyl halides is 3. The van der Waals surface area contributed by atoms with Gasteiger partial charge in [0.1, 0.15) is 0 Å². The molecule has 0 saturated heterocycles. The summed E-state index contributed by atoms with van der Waals surface area (Å²) in [4.78, 5) is 7.18. The van der Waals surface area contributed by atoms with E-state index in [2.05, 4.69) is 9.97 Å². The number of rotatable bonds is 2. The van der Waals surface area contributed by atoms with Crippen LogP contribution in [0.3, 0.4) is 0 Å². The quantitative estimate of drug-likeness (QED) is 0.874. The zero-order valence-electron chi connectivity index (χ0n) is 9.68. The van der Waals surface area contributed by atoms with Crippen LogP contribution < -0.4 is 0 Å². The smallest absolute Gasteiger partial charge is 0.368 e. The van der Waals surface area contributed by atoms with Crippen LogP contribution in [0.2, 0.25) is 0 Å². The summed E-state index contributed by atoms with van der Waals surface area (Å²) in [7, 11) is 2.75. The van der Waals surface area contributed by atoms with Crippen molar-refractivity contribution in [2.75, 3.05) is 0 Å². The molecule has 0 spiro atoms. The normalized spacial score (nSPS) is 13.0. The van der Waals surface area contributed by atoms with Crippen molar-refractivity contribution in [2.45, 2.75) is 11.8 Å². The molecule has 0 radical (unpaired) electrons. The maximum Gasteiger partial charge on any atom is 0.432 e. The van der Waals surface area contributed by atoms with E-state index in [1.54, 1.807) is 0 Å². The molecule has 5 nitrogen and oxygen atoms in total. The summed E-state index contributed by atoms with van der Waals surface area (Å²) in [6.07, 6.45) is 0.110. The van der Waals surface area contributed by atoms with Crippen LogP contribution in [0, 0.1) is 0 Å². The van der Waals surface area contributed by atoms with Crippen molar-refractivity contribution < 1.29 is 18.3 Å². The molecular formula is C10H11F3N4O. The van der Waals surface area contributed by atoms with Gasteiger partial charge in [0.25, 0.3) is 5.60 Å². The fourth-order valence-corrected chi connectivity index (χ4v) is 1.78. The molecule has 0 saturated carbocycles. The first kappa shape index (κ1) is 12.6. The zero-order chi connectivity index (χ0) is 13.6. The summed E-state index contributed by atoms with van der Waals surface area (Å²) in [6.45, 7) is 0. The minimum atomic E-state index is -4.93. The summed E-state index contributed by atoms with van der Waals surface area (Å²) in [5.74, 6) is -1.05. The second-order valence-corrected chi connectivity index (χ2v) is 3.93. The molecule has 0 fully saturated rings. The molecule has 0 amide bonds. The predicted octanol–water partition coefficient (Wildman–Crippen LogP) is 0.952. The first-order chi connectivity index (χ1) is 8.28. The molecule has 0 bridgehead atoms. The van der Waals surface area contributed by atoms with Crippen LogP contribution in [0.1, 0.15) is 11.6 Å². The van der Waals surface area contributed by atoms with Crippen molar-refractivity contribution in [2.24, 2.45) is 14.1 Å². The lowest BCUT2D eigenvalue weighted by Gasteiger charge is -2.29. The number of hydrogen-bond donors (Lipinski definition) is 1. The molecule has 0 unspecified atom stereocenters. The number of halogens is 3. The van der Waals surface area contributed by atoms with E-state index in [1.807, 2.05) is 0 Å². The third-order valence-electron chi connectivity index (χ3n) is 2.70. The number of aliphatic hydroxyl groups is 1. The first-order valence-electron chi connectivity index (χ1n) is 5.03. The summed E-state index contributed by atoms with van der Waals surface area (Å²) in [5.41, 5.74) is -3.23. The van der Waals surface area contributed by atoms with Crippen LogP contribution in [0.5, 0.6) is 0 Å². The van der Waals surface area contributed by atoms with Gasteiger partial charge in [-0.1, -0.05) is 0 Å². The number of aromatic nitrogens is 4. The van der Waals surface area contributed by atoms with Gasteiger partial charge < -0.3 is 14.2 Å². The maximum absolute atomic E-state index is 13.2. The van der Waals surface area contributed by atoms with E-state index in [1.165, 1.54) is 38.9 Å². The molecule has 2 heterocycles. The highest BCUT2D eigenvalue weighted by Gasteiger charge is 2.61. The molecule has 0 aromatic carbocycles. The molecule has 1 N–H and O–H groups in total. The summed E-state index contributed by atoms with van der Waals surface area (Å²) < 4.78 is 41.9. The minimum absolute atomic E-state index is 0.524. The van der Waals surface area contributed by atoms with Crippen molar-refractivity contribution in [3.05, 3.63) is 36.4 Å². The molecule has 2 aromatic rings. The van der Waals surface area contributed by atoms with Gasteiger partial charge in [-0.05, 0) is 0 Å². The Labute approximate surface area is 101 Å². The Balaban J connectivity index is 2.71. The number of aryl methyl sites for hydroxylation is 2. The third-order valence-corrected chi connectivity index (χ3v) is 2.70. The van der Waals surface area contributed by atoms with Crippen molar-refractivity contribution in [3.8, 4) is 0 Å². The van der Waals surface area contributed by atoms with Crippen LogP contribution in [0.25, 0.3) is 0 Å². The highest BCUT2D eigenvalue weighted by molar-refractivity contribution is 5.22. The average Bonchev–Trinajstić information content (AvgIpc) is 2.84.